The number of nitrogens with zero attached hydrogens (tertiary/aromatic N) is 2. The van der Waals surface area contributed by atoms with Crippen molar-refractivity contribution in [2.45, 2.75) is 12.8 Å². The maximum absolute atomic E-state index is 12.9. The van der Waals surface area contributed by atoms with E-state index >= 15 is 0 Å². The van der Waals surface area contributed by atoms with Crippen molar-refractivity contribution in [2.75, 3.05) is 43.1 Å². The third-order valence-electron chi connectivity index (χ3n) is 3.56. The monoisotopic (exact) mass is 296 g/mol. The molecule has 1 aliphatic heterocycles. The Balaban J connectivity index is 1.80. The van der Waals surface area contributed by atoms with E-state index in [2.05, 4.69) is 11.2 Å². The van der Waals surface area contributed by atoms with Crippen LogP contribution >= 0.6 is 11.8 Å². The average molecular weight is 296 g/mol. The van der Waals surface area contributed by atoms with Gasteiger partial charge in [0, 0.05) is 38.3 Å². The van der Waals surface area contributed by atoms with Gasteiger partial charge in [0.15, 0.2) is 0 Å². The first-order valence-corrected chi connectivity index (χ1v) is 8.37. The molecule has 5 heteroatoms. The van der Waals surface area contributed by atoms with Gasteiger partial charge in [-0.1, -0.05) is 0 Å². The SMILES string of the molecule is CSCCCC(=O)N1CCN(c2ccc(F)cc2)CC1. The van der Waals surface area contributed by atoms with Crippen molar-refractivity contribution in [3.05, 3.63) is 30.1 Å². The molecule has 0 radical (unpaired) electrons. The second-order valence-corrected chi connectivity index (χ2v) is 5.93. The topological polar surface area (TPSA) is 23.6 Å². The maximum Gasteiger partial charge on any atom is 0.222 e. The Hall–Kier alpha value is -1.23. The lowest BCUT2D eigenvalue weighted by Gasteiger charge is -2.36. The lowest BCUT2D eigenvalue weighted by Crippen LogP contribution is -2.48. The first-order valence-electron chi connectivity index (χ1n) is 6.98. The molecule has 20 heavy (non-hydrogen) atoms. The van der Waals surface area contributed by atoms with Crippen molar-refractivity contribution in [3.8, 4) is 0 Å². The van der Waals surface area contributed by atoms with Crippen LogP contribution < -0.4 is 4.90 Å². The Bertz CT molecular complexity index is 430. The van der Waals surface area contributed by atoms with Gasteiger partial charge in [0.05, 0.1) is 0 Å². The summed E-state index contributed by atoms with van der Waals surface area (Å²) in [4.78, 5) is 16.2. The Morgan fingerprint density at radius 2 is 1.85 bits per heavy atom. The van der Waals surface area contributed by atoms with Crippen molar-refractivity contribution in [3.63, 3.8) is 0 Å². The minimum absolute atomic E-state index is 0.212. The molecule has 0 N–H and O–H groups in total. The van der Waals surface area contributed by atoms with Gasteiger partial charge in [0.25, 0.3) is 0 Å². The minimum atomic E-state index is -0.212. The lowest BCUT2D eigenvalue weighted by molar-refractivity contribution is -0.131. The molecule has 0 aromatic heterocycles. The summed E-state index contributed by atoms with van der Waals surface area (Å²) >= 11 is 1.78. The van der Waals surface area contributed by atoms with E-state index in [4.69, 9.17) is 0 Å². The van der Waals surface area contributed by atoms with Crippen LogP contribution in [0.3, 0.4) is 0 Å². The fourth-order valence-electron chi connectivity index (χ4n) is 2.39. The van der Waals surface area contributed by atoms with E-state index < -0.39 is 0 Å². The van der Waals surface area contributed by atoms with Crippen LogP contribution in [0.2, 0.25) is 0 Å². The Labute approximate surface area is 124 Å². The van der Waals surface area contributed by atoms with Gasteiger partial charge in [0.2, 0.25) is 5.91 Å². The highest BCUT2D eigenvalue weighted by Crippen LogP contribution is 2.17. The lowest BCUT2D eigenvalue weighted by atomic mass is 10.2. The highest BCUT2D eigenvalue weighted by Gasteiger charge is 2.20. The number of rotatable bonds is 5. The van der Waals surface area contributed by atoms with Crippen LogP contribution in [0, 0.1) is 5.82 Å². The van der Waals surface area contributed by atoms with E-state index in [1.807, 2.05) is 4.90 Å². The van der Waals surface area contributed by atoms with Gasteiger partial charge in [-0.2, -0.15) is 11.8 Å². The molecule has 1 heterocycles. The molecule has 0 atom stereocenters. The molecular formula is C15H21FN2OS. The highest BCUT2D eigenvalue weighted by molar-refractivity contribution is 7.98. The summed E-state index contributed by atoms with van der Waals surface area (Å²) in [5.74, 6) is 1.09. The summed E-state index contributed by atoms with van der Waals surface area (Å²) in [6.45, 7) is 3.16. The number of thioether (sulfide) groups is 1. The van der Waals surface area contributed by atoms with E-state index in [-0.39, 0.29) is 11.7 Å². The van der Waals surface area contributed by atoms with Crippen molar-refractivity contribution in [2.24, 2.45) is 0 Å². The van der Waals surface area contributed by atoms with Crippen LogP contribution in [0.4, 0.5) is 10.1 Å². The number of anilines is 1. The largest absolute Gasteiger partial charge is 0.368 e. The predicted molar refractivity (Wildman–Crippen MR) is 82.8 cm³/mol. The number of amides is 1. The summed E-state index contributed by atoms with van der Waals surface area (Å²) in [7, 11) is 0. The molecular weight excluding hydrogens is 275 g/mol. The molecule has 0 spiro atoms. The van der Waals surface area contributed by atoms with E-state index in [1.54, 1.807) is 23.9 Å². The van der Waals surface area contributed by atoms with Crippen LogP contribution in [0.15, 0.2) is 24.3 Å². The van der Waals surface area contributed by atoms with E-state index in [0.29, 0.717) is 6.42 Å². The number of hydrogen-bond acceptors (Lipinski definition) is 3. The van der Waals surface area contributed by atoms with Crippen LogP contribution in [-0.4, -0.2) is 49.0 Å². The number of halogens is 1. The number of benzene rings is 1. The molecule has 0 bridgehead atoms. The molecule has 1 fully saturated rings. The second-order valence-electron chi connectivity index (χ2n) is 4.94. The third kappa shape index (κ3) is 4.13. The van der Waals surface area contributed by atoms with Gasteiger partial charge in [-0.05, 0) is 42.7 Å². The van der Waals surface area contributed by atoms with Crippen LogP contribution in [-0.2, 0) is 4.79 Å². The molecule has 0 aliphatic carbocycles. The van der Waals surface area contributed by atoms with E-state index in [1.165, 1.54) is 12.1 Å². The number of piperazine rings is 1. The van der Waals surface area contributed by atoms with E-state index in [0.717, 1.165) is 44.0 Å². The summed E-state index contributed by atoms with van der Waals surface area (Å²) in [5.41, 5.74) is 1.03. The fraction of sp³-hybridized carbons (Fsp3) is 0.533. The predicted octanol–water partition coefficient (Wildman–Crippen LogP) is 2.62. The summed E-state index contributed by atoms with van der Waals surface area (Å²) in [6, 6.07) is 6.56. The van der Waals surface area contributed by atoms with Crippen molar-refractivity contribution >= 4 is 23.4 Å². The molecule has 0 saturated carbocycles. The molecule has 1 aliphatic rings. The molecule has 1 saturated heterocycles. The van der Waals surface area contributed by atoms with Gasteiger partial charge >= 0.3 is 0 Å². The normalized spacial score (nSPS) is 15.5. The smallest absolute Gasteiger partial charge is 0.222 e. The average Bonchev–Trinajstić information content (AvgIpc) is 2.48. The maximum atomic E-state index is 12.9. The fourth-order valence-corrected chi connectivity index (χ4v) is 2.82. The molecule has 1 aromatic carbocycles. The van der Waals surface area contributed by atoms with Crippen LogP contribution in [0.25, 0.3) is 0 Å². The Morgan fingerprint density at radius 1 is 1.20 bits per heavy atom. The van der Waals surface area contributed by atoms with Gasteiger partial charge in [-0.25, -0.2) is 4.39 Å². The van der Waals surface area contributed by atoms with Crippen molar-refractivity contribution < 1.29 is 9.18 Å². The molecule has 1 aromatic rings. The number of carbonyl (C=O) groups is 1. The molecule has 0 unspecified atom stereocenters. The molecule has 110 valence electrons. The third-order valence-corrected chi connectivity index (χ3v) is 4.26. The van der Waals surface area contributed by atoms with Crippen molar-refractivity contribution in [1.29, 1.82) is 0 Å². The standard InChI is InChI=1S/C15H21FN2OS/c1-20-12-2-3-15(19)18-10-8-17(9-11-18)14-6-4-13(16)5-7-14/h4-7H,2-3,8-12H2,1H3. The summed E-state index contributed by atoms with van der Waals surface area (Å²) in [5, 5.41) is 0. The molecule has 2 rings (SSSR count). The quantitative estimate of drug-likeness (QED) is 0.780. The zero-order valence-electron chi connectivity index (χ0n) is 11.8. The zero-order chi connectivity index (χ0) is 14.4. The van der Waals surface area contributed by atoms with Crippen LogP contribution in [0.1, 0.15) is 12.8 Å². The van der Waals surface area contributed by atoms with Crippen LogP contribution in [0.5, 0.6) is 0 Å². The molecule has 3 nitrogen and oxygen atoms in total. The first kappa shape index (κ1) is 15.2. The minimum Gasteiger partial charge on any atom is -0.368 e. The van der Waals surface area contributed by atoms with E-state index in [9.17, 15) is 9.18 Å². The first-order chi connectivity index (χ1) is 9.70. The second kappa shape index (κ2) is 7.53. The Morgan fingerprint density at radius 3 is 2.45 bits per heavy atom. The molecule has 1 amide bonds. The van der Waals surface area contributed by atoms with Gasteiger partial charge in [0.1, 0.15) is 5.82 Å². The summed E-state index contributed by atoms with van der Waals surface area (Å²) in [6.07, 6.45) is 3.67. The number of carbonyl (C=O) groups excluding carboxylic acids is 1. The Kier molecular flexibility index (Phi) is 5.71. The van der Waals surface area contributed by atoms with Gasteiger partial charge in [-0.3, -0.25) is 4.79 Å². The highest BCUT2D eigenvalue weighted by atomic mass is 32.2. The zero-order valence-corrected chi connectivity index (χ0v) is 12.7. The van der Waals surface area contributed by atoms with Gasteiger partial charge < -0.3 is 9.80 Å². The van der Waals surface area contributed by atoms with Crippen molar-refractivity contribution in [1.82, 2.24) is 4.90 Å². The summed E-state index contributed by atoms with van der Waals surface area (Å²) < 4.78 is 12.9. The van der Waals surface area contributed by atoms with Gasteiger partial charge in [-0.15, -0.1) is 0 Å². The number of hydrogen-bond donors (Lipinski definition) is 0.